The number of ether oxygens (including phenoxy) is 2. The van der Waals surface area contributed by atoms with E-state index < -0.39 is 0 Å². The van der Waals surface area contributed by atoms with E-state index in [1.54, 1.807) is 18.2 Å². The number of rotatable bonds is 8. The van der Waals surface area contributed by atoms with Crippen LogP contribution in [0, 0.1) is 0 Å². The molecule has 0 spiro atoms. The van der Waals surface area contributed by atoms with Crippen LogP contribution in [0.25, 0.3) is 0 Å². The van der Waals surface area contributed by atoms with Gasteiger partial charge < -0.3 is 25.6 Å². The van der Waals surface area contributed by atoms with Crippen LogP contribution >= 0.6 is 0 Å². The normalized spacial score (nSPS) is 10.2. The molecule has 0 bridgehead atoms. The monoisotopic (exact) mass is 268 g/mol. The van der Waals surface area contributed by atoms with Gasteiger partial charge in [-0.15, -0.1) is 0 Å². The van der Waals surface area contributed by atoms with Gasteiger partial charge in [0, 0.05) is 24.9 Å². The number of nitrogen functional groups attached to an aromatic ring is 1. The number of carbonyl (C=O) groups is 1. The average Bonchev–Trinajstić information content (AvgIpc) is 2.42. The SMILES string of the molecule is COc1cc(N)ccc1C(=O)NCCCOCCO. The average molecular weight is 268 g/mol. The van der Waals surface area contributed by atoms with Crippen LogP contribution in [0.5, 0.6) is 5.75 Å². The number of nitrogens with two attached hydrogens (primary N) is 1. The van der Waals surface area contributed by atoms with Crippen LogP contribution in [0.3, 0.4) is 0 Å². The van der Waals surface area contributed by atoms with Crippen molar-refractivity contribution in [3.63, 3.8) is 0 Å². The molecule has 0 aromatic heterocycles. The molecule has 4 N–H and O–H groups in total. The molecular weight excluding hydrogens is 248 g/mol. The summed E-state index contributed by atoms with van der Waals surface area (Å²) in [5.74, 6) is 0.244. The van der Waals surface area contributed by atoms with E-state index in [-0.39, 0.29) is 12.5 Å². The molecule has 1 aromatic carbocycles. The summed E-state index contributed by atoms with van der Waals surface area (Å²) in [6.45, 7) is 1.33. The van der Waals surface area contributed by atoms with Gasteiger partial charge in [0.15, 0.2) is 0 Å². The third-order valence-electron chi connectivity index (χ3n) is 2.46. The zero-order valence-corrected chi connectivity index (χ0v) is 11.0. The molecule has 0 heterocycles. The molecule has 1 amide bonds. The molecule has 0 unspecified atom stereocenters. The van der Waals surface area contributed by atoms with E-state index in [0.29, 0.717) is 43.2 Å². The second-order valence-electron chi connectivity index (χ2n) is 3.91. The van der Waals surface area contributed by atoms with E-state index in [1.165, 1.54) is 7.11 Å². The number of nitrogens with one attached hydrogen (secondary N) is 1. The number of aliphatic hydroxyl groups excluding tert-OH is 1. The van der Waals surface area contributed by atoms with Crippen molar-refractivity contribution in [2.24, 2.45) is 0 Å². The topological polar surface area (TPSA) is 93.8 Å². The number of benzene rings is 1. The van der Waals surface area contributed by atoms with E-state index in [9.17, 15) is 4.79 Å². The minimum atomic E-state index is -0.209. The van der Waals surface area contributed by atoms with Crippen molar-refractivity contribution in [2.75, 3.05) is 39.2 Å². The van der Waals surface area contributed by atoms with Gasteiger partial charge in [-0.1, -0.05) is 0 Å². The van der Waals surface area contributed by atoms with Crippen LogP contribution in [0.15, 0.2) is 18.2 Å². The standard InChI is InChI=1S/C13H20N2O4/c1-18-12-9-10(14)3-4-11(12)13(17)15-5-2-7-19-8-6-16/h3-4,9,16H,2,5-8,14H2,1H3,(H,15,17). The van der Waals surface area contributed by atoms with Gasteiger partial charge in [0.1, 0.15) is 5.75 Å². The Balaban J connectivity index is 2.41. The molecule has 0 aliphatic rings. The highest BCUT2D eigenvalue weighted by atomic mass is 16.5. The maximum absolute atomic E-state index is 11.9. The number of anilines is 1. The lowest BCUT2D eigenvalue weighted by Gasteiger charge is -2.10. The summed E-state index contributed by atoms with van der Waals surface area (Å²) in [4.78, 5) is 11.9. The molecule has 0 radical (unpaired) electrons. The van der Waals surface area contributed by atoms with Gasteiger partial charge in [-0.25, -0.2) is 0 Å². The Bertz CT molecular complexity index is 410. The largest absolute Gasteiger partial charge is 0.496 e. The van der Waals surface area contributed by atoms with Crippen LogP contribution in [0.4, 0.5) is 5.69 Å². The minimum absolute atomic E-state index is 0.00892. The van der Waals surface area contributed by atoms with Gasteiger partial charge in [0.05, 0.1) is 25.9 Å². The lowest BCUT2D eigenvalue weighted by atomic mass is 10.1. The molecule has 106 valence electrons. The van der Waals surface area contributed by atoms with Crippen molar-refractivity contribution >= 4 is 11.6 Å². The molecule has 0 aliphatic carbocycles. The Hall–Kier alpha value is -1.79. The first-order valence-corrected chi connectivity index (χ1v) is 6.09. The fraction of sp³-hybridized carbons (Fsp3) is 0.462. The Labute approximate surface area is 112 Å². The summed E-state index contributed by atoms with van der Waals surface area (Å²) < 4.78 is 10.2. The predicted octanol–water partition coefficient (Wildman–Crippen LogP) is 0.406. The molecule has 1 aromatic rings. The quantitative estimate of drug-likeness (QED) is 0.469. The Morgan fingerprint density at radius 1 is 1.42 bits per heavy atom. The molecular formula is C13H20N2O4. The minimum Gasteiger partial charge on any atom is -0.496 e. The van der Waals surface area contributed by atoms with E-state index in [0.717, 1.165) is 0 Å². The van der Waals surface area contributed by atoms with Crippen molar-refractivity contribution < 1.29 is 19.4 Å². The highest BCUT2D eigenvalue weighted by Crippen LogP contribution is 2.21. The summed E-state index contributed by atoms with van der Waals surface area (Å²) >= 11 is 0. The molecule has 19 heavy (non-hydrogen) atoms. The maximum atomic E-state index is 11.9. The van der Waals surface area contributed by atoms with E-state index >= 15 is 0 Å². The van der Waals surface area contributed by atoms with Crippen LogP contribution in [0.1, 0.15) is 16.8 Å². The Morgan fingerprint density at radius 3 is 2.89 bits per heavy atom. The fourth-order valence-electron chi connectivity index (χ4n) is 1.53. The lowest BCUT2D eigenvalue weighted by molar-refractivity contribution is 0.0866. The van der Waals surface area contributed by atoms with Crippen molar-refractivity contribution in [1.82, 2.24) is 5.32 Å². The van der Waals surface area contributed by atoms with Gasteiger partial charge in [-0.3, -0.25) is 4.79 Å². The second kappa shape index (κ2) is 8.34. The number of hydrogen-bond acceptors (Lipinski definition) is 5. The summed E-state index contributed by atoms with van der Waals surface area (Å²) in [7, 11) is 1.49. The first kappa shape index (κ1) is 15.3. The van der Waals surface area contributed by atoms with E-state index in [2.05, 4.69) is 5.32 Å². The maximum Gasteiger partial charge on any atom is 0.255 e. The molecule has 0 atom stereocenters. The number of methoxy groups -OCH3 is 1. The van der Waals surface area contributed by atoms with Gasteiger partial charge in [-0.05, 0) is 18.6 Å². The van der Waals surface area contributed by atoms with Crippen molar-refractivity contribution in [3.05, 3.63) is 23.8 Å². The van der Waals surface area contributed by atoms with E-state index in [4.69, 9.17) is 20.3 Å². The number of aliphatic hydroxyl groups is 1. The van der Waals surface area contributed by atoms with Crippen LogP contribution < -0.4 is 15.8 Å². The number of amides is 1. The van der Waals surface area contributed by atoms with Gasteiger partial charge >= 0.3 is 0 Å². The smallest absolute Gasteiger partial charge is 0.255 e. The van der Waals surface area contributed by atoms with Crippen LogP contribution in [-0.2, 0) is 4.74 Å². The highest BCUT2D eigenvalue weighted by molar-refractivity contribution is 5.97. The molecule has 0 saturated carbocycles. The second-order valence-corrected chi connectivity index (χ2v) is 3.91. The molecule has 0 aliphatic heterocycles. The van der Waals surface area contributed by atoms with Gasteiger partial charge in [0.2, 0.25) is 0 Å². The third-order valence-corrected chi connectivity index (χ3v) is 2.46. The number of carbonyl (C=O) groups excluding carboxylic acids is 1. The number of hydrogen-bond donors (Lipinski definition) is 3. The van der Waals surface area contributed by atoms with Gasteiger partial charge in [-0.2, -0.15) is 0 Å². The molecule has 6 heteroatoms. The summed E-state index contributed by atoms with van der Waals surface area (Å²) in [5.41, 5.74) is 6.62. The summed E-state index contributed by atoms with van der Waals surface area (Å²) in [6.07, 6.45) is 0.684. The first-order valence-electron chi connectivity index (χ1n) is 6.09. The fourth-order valence-corrected chi connectivity index (χ4v) is 1.53. The predicted molar refractivity (Wildman–Crippen MR) is 72.3 cm³/mol. The van der Waals surface area contributed by atoms with Crippen molar-refractivity contribution in [2.45, 2.75) is 6.42 Å². The van der Waals surface area contributed by atoms with E-state index in [1.807, 2.05) is 0 Å². The Kier molecular flexibility index (Phi) is 6.70. The molecule has 1 rings (SSSR count). The van der Waals surface area contributed by atoms with Crippen LogP contribution in [0.2, 0.25) is 0 Å². The molecule has 0 saturated heterocycles. The summed E-state index contributed by atoms with van der Waals surface area (Å²) in [6, 6.07) is 4.90. The lowest BCUT2D eigenvalue weighted by Crippen LogP contribution is -2.25. The molecule has 0 fully saturated rings. The third kappa shape index (κ3) is 5.15. The Morgan fingerprint density at radius 2 is 2.21 bits per heavy atom. The van der Waals surface area contributed by atoms with Gasteiger partial charge in [0.25, 0.3) is 5.91 Å². The summed E-state index contributed by atoms with van der Waals surface area (Å²) in [5, 5.41) is 11.3. The highest BCUT2D eigenvalue weighted by Gasteiger charge is 2.11. The first-order chi connectivity index (χ1) is 9.19. The van der Waals surface area contributed by atoms with Crippen LogP contribution in [-0.4, -0.2) is 44.5 Å². The van der Waals surface area contributed by atoms with Crippen molar-refractivity contribution in [3.8, 4) is 5.75 Å². The zero-order valence-electron chi connectivity index (χ0n) is 11.0. The van der Waals surface area contributed by atoms with Crippen molar-refractivity contribution in [1.29, 1.82) is 0 Å². The zero-order chi connectivity index (χ0) is 14.1. The molecule has 6 nitrogen and oxygen atoms in total.